The number of halogens is 1. The Balaban J connectivity index is 1.96. The smallest absolute Gasteiger partial charge is 0.234 e. The van der Waals surface area contributed by atoms with Crippen molar-refractivity contribution in [2.45, 2.75) is 32.0 Å². The summed E-state index contributed by atoms with van der Waals surface area (Å²) in [5.74, 6) is -0.456. The zero-order valence-corrected chi connectivity index (χ0v) is 12.8. The number of amides is 1. The van der Waals surface area contributed by atoms with Crippen LogP contribution in [0.15, 0.2) is 23.4 Å². The van der Waals surface area contributed by atoms with Crippen LogP contribution in [-0.4, -0.2) is 31.9 Å². The number of aromatic nitrogens is 4. The summed E-state index contributed by atoms with van der Waals surface area (Å²) in [5, 5.41) is 14.6. The number of carbonyl (C=O) groups is 1. The summed E-state index contributed by atoms with van der Waals surface area (Å²) in [7, 11) is 0. The predicted molar refractivity (Wildman–Crippen MR) is 78.7 cm³/mol. The number of thioether (sulfide) groups is 1. The van der Waals surface area contributed by atoms with Gasteiger partial charge in [0.15, 0.2) is 0 Å². The summed E-state index contributed by atoms with van der Waals surface area (Å²) >= 11 is 1.24. The summed E-state index contributed by atoms with van der Waals surface area (Å²) in [5.41, 5.74) is 1.28. The van der Waals surface area contributed by atoms with E-state index in [1.807, 2.05) is 20.8 Å². The molecule has 0 atom stereocenters. The Labute approximate surface area is 126 Å². The average Bonchev–Trinajstić information content (AvgIpc) is 2.89. The molecular weight excluding hydrogens is 293 g/mol. The normalized spacial score (nSPS) is 10.9. The lowest BCUT2D eigenvalue weighted by molar-refractivity contribution is -0.113. The maximum Gasteiger partial charge on any atom is 0.234 e. The van der Waals surface area contributed by atoms with Crippen LogP contribution in [0.5, 0.6) is 0 Å². The van der Waals surface area contributed by atoms with Crippen LogP contribution in [0.3, 0.4) is 0 Å². The van der Waals surface area contributed by atoms with Gasteiger partial charge in [-0.2, -0.15) is 0 Å². The van der Waals surface area contributed by atoms with Gasteiger partial charge in [0.05, 0.1) is 11.8 Å². The first-order valence-electron chi connectivity index (χ1n) is 6.44. The standard InChI is InChI=1S/C13H16FN5OS/c1-8(2)19-13(16-17-18-19)21-7-12(20)15-11-6-10(14)5-4-9(11)3/h4-6,8H,7H2,1-3H3,(H,15,20). The van der Waals surface area contributed by atoms with Gasteiger partial charge >= 0.3 is 0 Å². The van der Waals surface area contributed by atoms with Crippen LogP contribution in [0.25, 0.3) is 0 Å². The minimum atomic E-state index is -0.382. The molecule has 0 unspecified atom stereocenters. The number of rotatable bonds is 5. The molecule has 8 heteroatoms. The molecule has 1 aromatic heterocycles. The van der Waals surface area contributed by atoms with E-state index < -0.39 is 0 Å². The fourth-order valence-corrected chi connectivity index (χ4v) is 2.46. The Morgan fingerprint density at radius 1 is 1.48 bits per heavy atom. The molecule has 2 rings (SSSR count). The third-order valence-corrected chi connectivity index (χ3v) is 3.69. The number of tetrazole rings is 1. The van der Waals surface area contributed by atoms with E-state index in [-0.39, 0.29) is 23.5 Å². The van der Waals surface area contributed by atoms with Gasteiger partial charge in [-0.3, -0.25) is 4.79 Å². The molecule has 1 N–H and O–H groups in total. The van der Waals surface area contributed by atoms with E-state index in [9.17, 15) is 9.18 Å². The van der Waals surface area contributed by atoms with Crippen LogP contribution in [-0.2, 0) is 4.79 Å². The van der Waals surface area contributed by atoms with Crippen molar-refractivity contribution in [1.82, 2.24) is 20.2 Å². The van der Waals surface area contributed by atoms with Gasteiger partial charge in [-0.15, -0.1) is 5.10 Å². The molecule has 1 amide bonds. The zero-order chi connectivity index (χ0) is 15.4. The second-order valence-corrected chi connectivity index (χ2v) is 5.74. The van der Waals surface area contributed by atoms with Crippen molar-refractivity contribution in [3.05, 3.63) is 29.6 Å². The lowest BCUT2D eigenvalue weighted by atomic mass is 10.2. The Morgan fingerprint density at radius 3 is 2.95 bits per heavy atom. The minimum absolute atomic E-state index is 0.121. The van der Waals surface area contributed by atoms with Crippen LogP contribution in [0, 0.1) is 12.7 Å². The van der Waals surface area contributed by atoms with Crippen LogP contribution < -0.4 is 5.32 Å². The average molecular weight is 309 g/mol. The Morgan fingerprint density at radius 2 is 2.24 bits per heavy atom. The Bertz CT molecular complexity index is 643. The number of hydrogen-bond donors (Lipinski definition) is 1. The summed E-state index contributed by atoms with van der Waals surface area (Å²) < 4.78 is 14.8. The Kier molecular flexibility index (Phi) is 4.89. The van der Waals surface area contributed by atoms with E-state index in [0.29, 0.717) is 10.8 Å². The second kappa shape index (κ2) is 6.66. The van der Waals surface area contributed by atoms with Crippen molar-refractivity contribution < 1.29 is 9.18 Å². The number of nitrogens with one attached hydrogen (secondary N) is 1. The summed E-state index contributed by atoms with van der Waals surface area (Å²) in [6, 6.07) is 4.40. The van der Waals surface area contributed by atoms with Crippen molar-refractivity contribution in [2.24, 2.45) is 0 Å². The first-order chi connectivity index (χ1) is 9.97. The van der Waals surface area contributed by atoms with Gasteiger partial charge in [0, 0.05) is 5.69 Å². The van der Waals surface area contributed by atoms with Gasteiger partial charge in [0.1, 0.15) is 5.82 Å². The molecule has 112 valence electrons. The van der Waals surface area contributed by atoms with Crippen LogP contribution in [0.2, 0.25) is 0 Å². The van der Waals surface area contributed by atoms with Crippen molar-refractivity contribution in [1.29, 1.82) is 0 Å². The monoisotopic (exact) mass is 309 g/mol. The van der Waals surface area contributed by atoms with E-state index >= 15 is 0 Å². The highest BCUT2D eigenvalue weighted by Crippen LogP contribution is 2.19. The van der Waals surface area contributed by atoms with E-state index in [4.69, 9.17) is 0 Å². The highest BCUT2D eigenvalue weighted by atomic mass is 32.2. The van der Waals surface area contributed by atoms with E-state index in [2.05, 4.69) is 20.8 Å². The number of nitrogens with zero attached hydrogens (tertiary/aromatic N) is 4. The molecule has 0 bridgehead atoms. The largest absolute Gasteiger partial charge is 0.325 e. The molecule has 0 aliphatic rings. The molecule has 2 aromatic rings. The van der Waals surface area contributed by atoms with Gasteiger partial charge in [-0.25, -0.2) is 9.07 Å². The molecule has 0 fully saturated rings. The lowest BCUT2D eigenvalue weighted by Crippen LogP contribution is -2.16. The summed E-state index contributed by atoms with van der Waals surface area (Å²) in [6.07, 6.45) is 0. The zero-order valence-electron chi connectivity index (χ0n) is 12.0. The number of aryl methyl sites for hydroxylation is 1. The molecule has 0 saturated heterocycles. The minimum Gasteiger partial charge on any atom is -0.325 e. The van der Waals surface area contributed by atoms with Gasteiger partial charge in [-0.1, -0.05) is 17.8 Å². The molecule has 0 spiro atoms. The van der Waals surface area contributed by atoms with Crippen molar-refractivity contribution in [3.63, 3.8) is 0 Å². The molecule has 0 aliphatic carbocycles. The van der Waals surface area contributed by atoms with Crippen molar-refractivity contribution in [3.8, 4) is 0 Å². The predicted octanol–water partition coefficient (Wildman–Crippen LogP) is 2.43. The van der Waals surface area contributed by atoms with Gasteiger partial charge < -0.3 is 5.32 Å². The van der Waals surface area contributed by atoms with Gasteiger partial charge in [0.25, 0.3) is 0 Å². The Hall–Kier alpha value is -1.96. The van der Waals surface area contributed by atoms with Crippen molar-refractivity contribution in [2.75, 3.05) is 11.1 Å². The SMILES string of the molecule is Cc1ccc(F)cc1NC(=O)CSc1nnnn1C(C)C. The molecule has 1 aromatic carbocycles. The van der Waals surface area contributed by atoms with E-state index in [1.54, 1.807) is 10.7 Å². The third kappa shape index (κ3) is 4.01. The maximum atomic E-state index is 13.2. The lowest BCUT2D eigenvalue weighted by Gasteiger charge is -2.09. The molecular formula is C13H16FN5OS. The fraction of sp³-hybridized carbons (Fsp3) is 0.385. The molecule has 1 heterocycles. The first-order valence-corrected chi connectivity index (χ1v) is 7.42. The molecule has 0 radical (unpaired) electrons. The van der Waals surface area contributed by atoms with E-state index in [0.717, 1.165) is 5.56 Å². The fourth-order valence-electron chi connectivity index (χ4n) is 1.65. The first kappa shape index (κ1) is 15.4. The summed E-state index contributed by atoms with van der Waals surface area (Å²) in [4.78, 5) is 11.9. The second-order valence-electron chi connectivity index (χ2n) is 4.80. The summed E-state index contributed by atoms with van der Waals surface area (Å²) in [6.45, 7) is 5.72. The quantitative estimate of drug-likeness (QED) is 0.859. The van der Waals surface area contributed by atoms with Crippen molar-refractivity contribution >= 4 is 23.4 Å². The van der Waals surface area contributed by atoms with Gasteiger partial charge in [-0.05, 0) is 48.9 Å². The molecule has 0 saturated carbocycles. The topological polar surface area (TPSA) is 72.7 Å². The van der Waals surface area contributed by atoms with Gasteiger partial charge in [0.2, 0.25) is 11.1 Å². The van der Waals surface area contributed by atoms with Crippen LogP contribution >= 0.6 is 11.8 Å². The number of anilines is 1. The molecule has 6 nitrogen and oxygen atoms in total. The van der Waals surface area contributed by atoms with Crippen LogP contribution in [0.4, 0.5) is 10.1 Å². The maximum absolute atomic E-state index is 13.2. The number of hydrogen-bond acceptors (Lipinski definition) is 5. The third-order valence-electron chi connectivity index (χ3n) is 2.76. The number of benzene rings is 1. The molecule has 0 aliphatic heterocycles. The van der Waals surface area contributed by atoms with E-state index in [1.165, 1.54) is 23.9 Å². The van der Waals surface area contributed by atoms with Crippen LogP contribution in [0.1, 0.15) is 25.5 Å². The molecule has 21 heavy (non-hydrogen) atoms. The highest BCUT2D eigenvalue weighted by Gasteiger charge is 2.12. The highest BCUT2D eigenvalue weighted by molar-refractivity contribution is 7.99. The number of carbonyl (C=O) groups excluding carboxylic acids is 1.